The van der Waals surface area contributed by atoms with E-state index in [4.69, 9.17) is 11.6 Å². The van der Waals surface area contributed by atoms with Gasteiger partial charge in [-0.3, -0.25) is 9.48 Å². The Hall–Kier alpha value is -1.46. The van der Waals surface area contributed by atoms with E-state index in [1.807, 2.05) is 30.1 Å². The molecule has 0 atom stereocenters. The number of carbonyl (C=O) groups is 1. The van der Waals surface area contributed by atoms with E-state index in [0.717, 1.165) is 17.0 Å². The summed E-state index contributed by atoms with van der Waals surface area (Å²) in [5, 5.41) is 7.49. The predicted octanol–water partition coefficient (Wildman–Crippen LogP) is 3.21. The summed E-state index contributed by atoms with van der Waals surface area (Å²) in [6.45, 7) is 3.28. The maximum absolute atomic E-state index is 12.2. The van der Waals surface area contributed by atoms with E-state index in [-0.39, 0.29) is 5.91 Å². The molecule has 0 aliphatic rings. The van der Waals surface area contributed by atoms with Crippen LogP contribution in [0, 0.1) is 0 Å². The topological polar surface area (TPSA) is 46.9 Å². The molecular weight excluding hydrogens is 294 g/mol. The van der Waals surface area contributed by atoms with Crippen LogP contribution < -0.4 is 5.32 Å². The largest absolute Gasteiger partial charge is 0.348 e. The fourth-order valence-electron chi connectivity index (χ4n) is 1.75. The molecule has 1 amide bonds. The van der Waals surface area contributed by atoms with E-state index < -0.39 is 0 Å². The minimum absolute atomic E-state index is 0.171. The average molecular weight is 310 g/mol. The Morgan fingerprint density at radius 3 is 2.95 bits per heavy atom. The molecule has 0 aliphatic carbocycles. The third-order valence-corrected chi connectivity index (χ3v) is 3.94. The van der Waals surface area contributed by atoms with Gasteiger partial charge in [-0.05, 0) is 31.4 Å². The van der Waals surface area contributed by atoms with Gasteiger partial charge in [-0.25, -0.2) is 0 Å². The first-order chi connectivity index (χ1) is 9.63. The second-order valence-electron chi connectivity index (χ2n) is 4.23. The highest BCUT2D eigenvalue weighted by Crippen LogP contribution is 2.22. The number of benzene rings is 1. The lowest BCUT2D eigenvalue weighted by molar-refractivity contribution is 0.0951. The summed E-state index contributed by atoms with van der Waals surface area (Å²) in [5.41, 5.74) is 1.47. The molecule has 0 saturated carbocycles. The van der Waals surface area contributed by atoms with Crippen molar-refractivity contribution in [1.82, 2.24) is 15.1 Å². The van der Waals surface area contributed by atoms with E-state index >= 15 is 0 Å². The minimum atomic E-state index is -0.171. The second-order valence-corrected chi connectivity index (χ2v) is 5.52. The molecule has 6 heteroatoms. The van der Waals surface area contributed by atoms with Gasteiger partial charge in [0.15, 0.2) is 0 Å². The molecule has 2 aromatic rings. The second kappa shape index (κ2) is 6.81. The molecule has 0 bridgehead atoms. The molecule has 1 aromatic carbocycles. The highest BCUT2D eigenvalue weighted by Gasteiger charge is 2.11. The van der Waals surface area contributed by atoms with Crippen LogP contribution in [0.15, 0.2) is 35.5 Å². The number of aromatic nitrogens is 2. The molecule has 0 radical (unpaired) electrons. The van der Waals surface area contributed by atoms with E-state index in [1.54, 1.807) is 30.1 Å². The van der Waals surface area contributed by atoms with Gasteiger partial charge in [0.25, 0.3) is 5.91 Å². The number of aryl methyl sites for hydroxylation is 1. The molecule has 20 heavy (non-hydrogen) atoms. The van der Waals surface area contributed by atoms with Crippen molar-refractivity contribution in [2.45, 2.75) is 24.9 Å². The summed E-state index contributed by atoms with van der Waals surface area (Å²) in [7, 11) is 0. The van der Waals surface area contributed by atoms with Crippen LogP contribution in [0.2, 0.25) is 5.02 Å². The lowest BCUT2D eigenvalue weighted by Crippen LogP contribution is -2.23. The molecule has 0 fully saturated rings. The van der Waals surface area contributed by atoms with E-state index in [0.29, 0.717) is 17.1 Å². The maximum atomic E-state index is 12.2. The van der Waals surface area contributed by atoms with Crippen molar-refractivity contribution in [2.75, 3.05) is 6.26 Å². The summed E-state index contributed by atoms with van der Waals surface area (Å²) in [5.74, 6) is -0.171. The van der Waals surface area contributed by atoms with E-state index in [2.05, 4.69) is 10.4 Å². The van der Waals surface area contributed by atoms with Crippen molar-refractivity contribution in [3.8, 4) is 0 Å². The molecule has 106 valence electrons. The molecule has 0 spiro atoms. The first kappa shape index (κ1) is 14.9. The number of halogens is 1. The summed E-state index contributed by atoms with van der Waals surface area (Å²) < 4.78 is 1.82. The van der Waals surface area contributed by atoms with Crippen LogP contribution in [-0.4, -0.2) is 21.9 Å². The number of hydrogen-bond acceptors (Lipinski definition) is 3. The highest BCUT2D eigenvalue weighted by molar-refractivity contribution is 7.98. The monoisotopic (exact) mass is 309 g/mol. The minimum Gasteiger partial charge on any atom is -0.348 e. The number of rotatable bonds is 5. The molecule has 1 aromatic heterocycles. The van der Waals surface area contributed by atoms with Crippen LogP contribution in [0.3, 0.4) is 0 Å². The van der Waals surface area contributed by atoms with Gasteiger partial charge in [-0.2, -0.15) is 5.10 Å². The van der Waals surface area contributed by atoms with Gasteiger partial charge in [-0.1, -0.05) is 11.6 Å². The lowest BCUT2D eigenvalue weighted by atomic mass is 10.2. The Kier molecular flexibility index (Phi) is 5.09. The van der Waals surface area contributed by atoms with Crippen molar-refractivity contribution >= 4 is 29.3 Å². The molecule has 1 N–H and O–H groups in total. The molecule has 0 unspecified atom stereocenters. The Morgan fingerprint density at radius 1 is 1.50 bits per heavy atom. The fourth-order valence-corrected chi connectivity index (χ4v) is 2.40. The van der Waals surface area contributed by atoms with Crippen molar-refractivity contribution in [1.29, 1.82) is 0 Å². The normalized spacial score (nSPS) is 10.6. The van der Waals surface area contributed by atoms with Gasteiger partial charge in [0.2, 0.25) is 0 Å². The molecule has 2 rings (SSSR count). The van der Waals surface area contributed by atoms with Crippen molar-refractivity contribution < 1.29 is 4.79 Å². The zero-order valence-electron chi connectivity index (χ0n) is 11.4. The van der Waals surface area contributed by atoms with E-state index in [1.165, 1.54) is 0 Å². The fraction of sp³-hybridized carbons (Fsp3) is 0.286. The summed E-state index contributed by atoms with van der Waals surface area (Å²) in [6.07, 6.45) is 5.63. The third kappa shape index (κ3) is 3.55. The Bertz CT molecular complexity index is 612. The molecule has 4 nitrogen and oxygen atoms in total. The zero-order chi connectivity index (χ0) is 14.5. The molecule has 0 saturated heterocycles. The lowest BCUT2D eigenvalue weighted by Gasteiger charge is -2.07. The quantitative estimate of drug-likeness (QED) is 0.863. The number of carbonyl (C=O) groups excluding carboxylic acids is 1. The summed E-state index contributed by atoms with van der Waals surface area (Å²) in [4.78, 5) is 13.2. The van der Waals surface area contributed by atoms with Crippen LogP contribution in [0.4, 0.5) is 0 Å². The summed E-state index contributed by atoms with van der Waals surface area (Å²) in [6, 6.07) is 5.45. The number of thioether (sulfide) groups is 1. The average Bonchev–Trinajstić information content (AvgIpc) is 2.93. The number of amides is 1. The molecule has 0 aliphatic heterocycles. The van der Waals surface area contributed by atoms with Crippen LogP contribution in [-0.2, 0) is 13.1 Å². The van der Waals surface area contributed by atoms with Gasteiger partial charge in [0.05, 0.1) is 16.8 Å². The number of nitrogens with one attached hydrogen (secondary N) is 1. The Morgan fingerprint density at radius 2 is 2.30 bits per heavy atom. The van der Waals surface area contributed by atoms with Crippen molar-refractivity contribution in [3.63, 3.8) is 0 Å². The number of nitrogens with zero attached hydrogens (tertiary/aromatic N) is 2. The van der Waals surface area contributed by atoms with Crippen LogP contribution in [0.5, 0.6) is 0 Å². The standard InChI is InChI=1S/C14H16ClN3OS/c1-3-18-9-10(8-17-18)7-16-14(19)12-6-11(20-2)4-5-13(12)15/h4-6,8-9H,3,7H2,1-2H3,(H,16,19). The SMILES string of the molecule is CCn1cc(CNC(=O)c2cc(SC)ccc2Cl)cn1. The van der Waals surface area contributed by atoms with Gasteiger partial charge < -0.3 is 5.32 Å². The predicted molar refractivity (Wildman–Crippen MR) is 82.3 cm³/mol. The highest BCUT2D eigenvalue weighted by atomic mass is 35.5. The maximum Gasteiger partial charge on any atom is 0.253 e. The van der Waals surface area contributed by atoms with Gasteiger partial charge in [0, 0.05) is 29.7 Å². The van der Waals surface area contributed by atoms with Gasteiger partial charge in [0.1, 0.15) is 0 Å². The first-order valence-electron chi connectivity index (χ1n) is 6.27. The zero-order valence-corrected chi connectivity index (χ0v) is 13.0. The summed E-state index contributed by atoms with van der Waals surface area (Å²) >= 11 is 7.65. The van der Waals surface area contributed by atoms with Crippen LogP contribution in [0.25, 0.3) is 0 Å². The molecule has 1 heterocycles. The van der Waals surface area contributed by atoms with Gasteiger partial charge >= 0.3 is 0 Å². The number of hydrogen-bond donors (Lipinski definition) is 1. The van der Waals surface area contributed by atoms with Gasteiger partial charge in [-0.15, -0.1) is 11.8 Å². The third-order valence-electron chi connectivity index (χ3n) is 2.88. The molecular formula is C14H16ClN3OS. The van der Waals surface area contributed by atoms with Crippen molar-refractivity contribution in [2.24, 2.45) is 0 Å². The van der Waals surface area contributed by atoms with Crippen molar-refractivity contribution in [3.05, 3.63) is 46.7 Å². The first-order valence-corrected chi connectivity index (χ1v) is 7.87. The smallest absolute Gasteiger partial charge is 0.253 e. The van der Waals surface area contributed by atoms with E-state index in [9.17, 15) is 4.79 Å². The Labute approximate surface area is 127 Å². The Balaban J connectivity index is 2.04. The van der Waals surface area contributed by atoms with Crippen LogP contribution in [0.1, 0.15) is 22.8 Å². The van der Waals surface area contributed by atoms with Crippen LogP contribution >= 0.6 is 23.4 Å².